The Morgan fingerprint density at radius 3 is 2.65 bits per heavy atom. The number of methoxy groups -OCH3 is 1. The van der Waals surface area contributed by atoms with Crippen LogP contribution in [0.1, 0.15) is 45.4 Å². The van der Waals surface area contributed by atoms with E-state index in [-0.39, 0.29) is 17.9 Å². The standard InChI is InChI=1S/C20H27N3O3/c1-4-14(2)23(20(24)16-6-5-7-16)13-12-18-21-19(22-26-18)15-8-10-17(25-3)11-9-15/h8-11,14,16H,4-7,12-13H2,1-3H3/t14-/m1/s1. The van der Waals surface area contributed by atoms with E-state index in [0.29, 0.717) is 24.7 Å². The van der Waals surface area contributed by atoms with E-state index in [2.05, 4.69) is 24.0 Å². The molecule has 6 nitrogen and oxygen atoms in total. The molecular weight excluding hydrogens is 330 g/mol. The van der Waals surface area contributed by atoms with E-state index in [9.17, 15) is 4.79 Å². The van der Waals surface area contributed by atoms with E-state index in [4.69, 9.17) is 9.26 Å². The maximum Gasteiger partial charge on any atom is 0.228 e. The van der Waals surface area contributed by atoms with Crippen LogP contribution < -0.4 is 4.74 Å². The average Bonchev–Trinajstić information content (AvgIpc) is 3.09. The molecule has 1 heterocycles. The van der Waals surface area contributed by atoms with Gasteiger partial charge in [-0.15, -0.1) is 0 Å². The third-order valence-corrected chi connectivity index (χ3v) is 5.24. The van der Waals surface area contributed by atoms with Gasteiger partial charge in [-0.25, -0.2) is 0 Å². The Hall–Kier alpha value is -2.37. The lowest BCUT2D eigenvalue weighted by Gasteiger charge is -2.35. The van der Waals surface area contributed by atoms with Gasteiger partial charge in [0.15, 0.2) is 0 Å². The van der Waals surface area contributed by atoms with Gasteiger partial charge in [0.2, 0.25) is 17.6 Å². The fraction of sp³-hybridized carbons (Fsp3) is 0.550. The van der Waals surface area contributed by atoms with Crippen LogP contribution in [0.2, 0.25) is 0 Å². The number of carbonyl (C=O) groups is 1. The lowest BCUT2D eigenvalue weighted by molar-refractivity contribution is -0.140. The molecule has 1 aromatic heterocycles. The second-order valence-corrected chi connectivity index (χ2v) is 6.91. The molecule has 0 saturated heterocycles. The SMILES string of the molecule is CC[C@@H](C)N(CCc1nc(-c2ccc(OC)cc2)no1)C(=O)C1CCC1. The maximum absolute atomic E-state index is 12.7. The molecule has 0 unspecified atom stereocenters. The van der Waals surface area contributed by atoms with Crippen molar-refractivity contribution in [3.8, 4) is 17.1 Å². The molecule has 0 aliphatic heterocycles. The van der Waals surface area contributed by atoms with Gasteiger partial charge in [0.1, 0.15) is 5.75 Å². The highest BCUT2D eigenvalue weighted by molar-refractivity contribution is 5.79. The van der Waals surface area contributed by atoms with Gasteiger partial charge in [0.25, 0.3) is 0 Å². The van der Waals surface area contributed by atoms with E-state index in [1.165, 1.54) is 6.42 Å². The number of nitrogens with zero attached hydrogens (tertiary/aromatic N) is 3. The fourth-order valence-corrected chi connectivity index (χ4v) is 3.09. The summed E-state index contributed by atoms with van der Waals surface area (Å²) in [4.78, 5) is 19.1. The zero-order valence-electron chi connectivity index (χ0n) is 15.8. The van der Waals surface area contributed by atoms with Crippen molar-refractivity contribution in [3.05, 3.63) is 30.2 Å². The molecule has 26 heavy (non-hydrogen) atoms. The van der Waals surface area contributed by atoms with Crippen LogP contribution >= 0.6 is 0 Å². The quantitative estimate of drug-likeness (QED) is 0.720. The van der Waals surface area contributed by atoms with Gasteiger partial charge < -0.3 is 14.2 Å². The van der Waals surface area contributed by atoms with Crippen LogP contribution in [0.3, 0.4) is 0 Å². The largest absolute Gasteiger partial charge is 0.497 e. The van der Waals surface area contributed by atoms with Crippen molar-refractivity contribution < 1.29 is 14.1 Å². The number of amides is 1. The number of hydrogen-bond acceptors (Lipinski definition) is 5. The molecule has 1 atom stereocenters. The normalized spacial score (nSPS) is 15.3. The number of ether oxygens (including phenoxy) is 1. The van der Waals surface area contributed by atoms with Crippen LogP contribution in [-0.2, 0) is 11.2 Å². The fourth-order valence-electron chi connectivity index (χ4n) is 3.09. The molecule has 0 bridgehead atoms. The maximum atomic E-state index is 12.7. The summed E-state index contributed by atoms with van der Waals surface area (Å²) < 4.78 is 10.6. The van der Waals surface area contributed by atoms with Crippen LogP contribution in [0, 0.1) is 5.92 Å². The highest BCUT2D eigenvalue weighted by atomic mass is 16.5. The zero-order chi connectivity index (χ0) is 18.5. The summed E-state index contributed by atoms with van der Waals surface area (Å²) in [6, 6.07) is 7.77. The first-order valence-corrected chi connectivity index (χ1v) is 9.39. The molecule has 1 aliphatic rings. The van der Waals surface area contributed by atoms with E-state index < -0.39 is 0 Å². The second-order valence-electron chi connectivity index (χ2n) is 6.91. The first kappa shape index (κ1) is 18.4. The smallest absolute Gasteiger partial charge is 0.228 e. The third-order valence-electron chi connectivity index (χ3n) is 5.24. The van der Waals surface area contributed by atoms with Crippen molar-refractivity contribution in [3.63, 3.8) is 0 Å². The van der Waals surface area contributed by atoms with Gasteiger partial charge in [0, 0.05) is 30.5 Å². The van der Waals surface area contributed by atoms with Crippen molar-refractivity contribution in [1.82, 2.24) is 15.0 Å². The Balaban J connectivity index is 1.64. The lowest BCUT2D eigenvalue weighted by Crippen LogP contribution is -2.44. The van der Waals surface area contributed by atoms with E-state index in [0.717, 1.165) is 30.6 Å². The molecule has 1 aromatic carbocycles. The zero-order valence-corrected chi connectivity index (χ0v) is 15.8. The molecule has 6 heteroatoms. The highest BCUT2D eigenvalue weighted by Crippen LogP contribution is 2.29. The average molecular weight is 357 g/mol. The number of aromatic nitrogens is 2. The Morgan fingerprint density at radius 1 is 1.35 bits per heavy atom. The molecule has 0 N–H and O–H groups in total. The predicted molar refractivity (Wildman–Crippen MR) is 98.8 cm³/mol. The monoisotopic (exact) mass is 357 g/mol. The molecule has 1 aliphatic carbocycles. The van der Waals surface area contributed by atoms with Gasteiger partial charge >= 0.3 is 0 Å². The Morgan fingerprint density at radius 2 is 2.08 bits per heavy atom. The minimum Gasteiger partial charge on any atom is -0.497 e. The summed E-state index contributed by atoms with van der Waals surface area (Å²) in [6.07, 6.45) is 4.73. The third kappa shape index (κ3) is 4.06. The van der Waals surface area contributed by atoms with Gasteiger partial charge in [-0.3, -0.25) is 4.79 Å². The number of hydrogen-bond donors (Lipinski definition) is 0. The summed E-state index contributed by atoms with van der Waals surface area (Å²) in [7, 11) is 1.63. The van der Waals surface area contributed by atoms with Gasteiger partial charge in [0.05, 0.1) is 7.11 Å². The first-order valence-electron chi connectivity index (χ1n) is 9.39. The van der Waals surface area contributed by atoms with Gasteiger partial charge in [-0.05, 0) is 50.5 Å². The van der Waals surface area contributed by atoms with Crippen LogP contribution in [0.5, 0.6) is 5.75 Å². The molecule has 140 valence electrons. The van der Waals surface area contributed by atoms with Crippen LogP contribution in [0.15, 0.2) is 28.8 Å². The van der Waals surface area contributed by atoms with Crippen molar-refractivity contribution >= 4 is 5.91 Å². The molecular formula is C20H27N3O3. The predicted octanol–water partition coefficient (Wildman–Crippen LogP) is 3.71. The topological polar surface area (TPSA) is 68.5 Å². The molecule has 0 spiro atoms. The molecule has 1 fully saturated rings. The Labute approximate surface area is 154 Å². The first-order chi connectivity index (χ1) is 12.6. The van der Waals surface area contributed by atoms with Crippen LogP contribution in [-0.4, -0.2) is 40.6 Å². The highest BCUT2D eigenvalue weighted by Gasteiger charge is 2.31. The van der Waals surface area contributed by atoms with E-state index in [1.807, 2.05) is 29.2 Å². The van der Waals surface area contributed by atoms with E-state index >= 15 is 0 Å². The van der Waals surface area contributed by atoms with Crippen molar-refractivity contribution in [2.75, 3.05) is 13.7 Å². The minimum atomic E-state index is 0.210. The second kappa shape index (κ2) is 8.34. The summed E-state index contributed by atoms with van der Waals surface area (Å²) in [6.45, 7) is 4.84. The summed E-state index contributed by atoms with van der Waals surface area (Å²) in [5.41, 5.74) is 0.880. The van der Waals surface area contributed by atoms with Gasteiger partial charge in [-0.1, -0.05) is 18.5 Å². The Bertz CT molecular complexity index is 722. The number of carbonyl (C=O) groups excluding carboxylic acids is 1. The minimum absolute atomic E-state index is 0.210. The summed E-state index contributed by atoms with van der Waals surface area (Å²) in [5, 5.41) is 4.06. The molecule has 1 amide bonds. The Kier molecular flexibility index (Phi) is 5.91. The molecule has 3 rings (SSSR count). The van der Waals surface area contributed by atoms with Crippen LogP contribution in [0.25, 0.3) is 11.4 Å². The van der Waals surface area contributed by atoms with Crippen molar-refractivity contribution in [1.29, 1.82) is 0 Å². The number of benzene rings is 1. The lowest BCUT2D eigenvalue weighted by atomic mass is 9.84. The van der Waals surface area contributed by atoms with Gasteiger partial charge in [-0.2, -0.15) is 4.98 Å². The molecule has 0 radical (unpaired) electrons. The molecule has 1 saturated carbocycles. The molecule has 2 aromatic rings. The summed E-state index contributed by atoms with van der Waals surface area (Å²) in [5.74, 6) is 2.40. The number of rotatable bonds is 8. The van der Waals surface area contributed by atoms with Crippen molar-refractivity contribution in [2.45, 2.75) is 52.0 Å². The van der Waals surface area contributed by atoms with E-state index in [1.54, 1.807) is 7.11 Å². The summed E-state index contributed by atoms with van der Waals surface area (Å²) >= 11 is 0. The van der Waals surface area contributed by atoms with Crippen LogP contribution in [0.4, 0.5) is 0 Å². The van der Waals surface area contributed by atoms with Crippen molar-refractivity contribution in [2.24, 2.45) is 5.92 Å².